The molecule has 1 atom stereocenters. The van der Waals surface area contributed by atoms with Crippen LogP contribution in [0, 0.1) is 0 Å². The van der Waals surface area contributed by atoms with Crippen LogP contribution in [0.15, 0.2) is 48.5 Å². The second kappa shape index (κ2) is 8.76. The van der Waals surface area contributed by atoms with Gasteiger partial charge in [0.05, 0.1) is 29.1 Å². The summed E-state index contributed by atoms with van der Waals surface area (Å²) in [6.45, 7) is 2.66. The van der Waals surface area contributed by atoms with Crippen LogP contribution in [-0.4, -0.2) is 35.3 Å². The highest BCUT2D eigenvalue weighted by Gasteiger charge is 2.13. The minimum absolute atomic E-state index is 0.0351. The molecule has 0 aliphatic heterocycles. The molecule has 136 valence electrons. The van der Waals surface area contributed by atoms with Crippen molar-refractivity contribution in [1.82, 2.24) is 15.3 Å². The molecule has 2 N–H and O–H groups in total. The number of methoxy groups -OCH3 is 1. The highest BCUT2D eigenvalue weighted by molar-refractivity contribution is 8.00. The normalized spacial score (nSPS) is 12.1. The highest BCUT2D eigenvalue weighted by Crippen LogP contribution is 2.27. The summed E-state index contributed by atoms with van der Waals surface area (Å²) >= 11 is 1.58. The number of benzene rings is 2. The third-order valence-corrected chi connectivity index (χ3v) is 5.32. The summed E-state index contributed by atoms with van der Waals surface area (Å²) in [5.41, 5.74) is 3.08. The van der Waals surface area contributed by atoms with E-state index in [1.165, 1.54) is 0 Å². The Hall–Kier alpha value is -2.47. The van der Waals surface area contributed by atoms with Crippen molar-refractivity contribution in [3.8, 4) is 5.75 Å². The van der Waals surface area contributed by atoms with Gasteiger partial charge in [0.25, 0.3) is 0 Å². The zero-order valence-electron chi connectivity index (χ0n) is 15.0. The van der Waals surface area contributed by atoms with Gasteiger partial charge in [-0.1, -0.05) is 30.3 Å². The summed E-state index contributed by atoms with van der Waals surface area (Å²) in [7, 11) is 1.66. The molecule has 0 aliphatic rings. The lowest BCUT2D eigenvalue weighted by Gasteiger charge is -2.10. The maximum atomic E-state index is 12.1. The molecule has 3 aromatic rings. The SMILES string of the molecule is COc1ccccc1CCNC(=O)CSC(C)c1nc2ccccc2[nH]1. The van der Waals surface area contributed by atoms with Gasteiger partial charge in [-0.15, -0.1) is 11.8 Å². The molecule has 2 aromatic carbocycles. The third kappa shape index (κ3) is 4.58. The van der Waals surface area contributed by atoms with Gasteiger partial charge in [-0.05, 0) is 37.1 Å². The van der Waals surface area contributed by atoms with Crippen LogP contribution in [-0.2, 0) is 11.2 Å². The molecule has 5 nitrogen and oxygen atoms in total. The van der Waals surface area contributed by atoms with Crippen LogP contribution in [0.5, 0.6) is 5.75 Å². The van der Waals surface area contributed by atoms with Crippen LogP contribution in [0.2, 0.25) is 0 Å². The number of rotatable bonds is 8. The number of nitrogens with zero attached hydrogens (tertiary/aromatic N) is 1. The van der Waals surface area contributed by atoms with E-state index in [1.807, 2.05) is 48.5 Å². The number of amides is 1. The fourth-order valence-corrected chi connectivity index (χ4v) is 3.51. The zero-order chi connectivity index (χ0) is 18.4. The molecule has 0 radical (unpaired) electrons. The van der Waals surface area contributed by atoms with Gasteiger partial charge in [-0.2, -0.15) is 0 Å². The molecular formula is C20H23N3O2S. The van der Waals surface area contributed by atoms with E-state index in [2.05, 4.69) is 22.2 Å². The van der Waals surface area contributed by atoms with Crippen molar-refractivity contribution < 1.29 is 9.53 Å². The van der Waals surface area contributed by atoms with Gasteiger partial charge >= 0.3 is 0 Å². The average molecular weight is 369 g/mol. The Kier molecular flexibility index (Phi) is 6.17. The fourth-order valence-electron chi connectivity index (χ4n) is 2.74. The van der Waals surface area contributed by atoms with Crippen molar-refractivity contribution in [2.24, 2.45) is 0 Å². The van der Waals surface area contributed by atoms with E-state index in [-0.39, 0.29) is 11.2 Å². The number of hydrogen-bond acceptors (Lipinski definition) is 4. The number of imidazole rings is 1. The molecule has 1 unspecified atom stereocenters. The predicted octanol–water partition coefficient (Wildman–Crippen LogP) is 3.72. The number of ether oxygens (including phenoxy) is 1. The number of thioether (sulfide) groups is 1. The molecule has 3 rings (SSSR count). The summed E-state index contributed by atoms with van der Waals surface area (Å²) in [5, 5.41) is 3.10. The summed E-state index contributed by atoms with van der Waals surface area (Å²) in [5.74, 6) is 2.20. The number of fused-ring (bicyclic) bond motifs is 1. The molecule has 1 amide bonds. The molecule has 0 aliphatic carbocycles. The molecule has 26 heavy (non-hydrogen) atoms. The smallest absolute Gasteiger partial charge is 0.230 e. The second-order valence-corrected chi connectivity index (χ2v) is 7.33. The van der Waals surface area contributed by atoms with E-state index in [0.29, 0.717) is 12.3 Å². The van der Waals surface area contributed by atoms with E-state index in [0.717, 1.165) is 34.6 Å². The first-order chi connectivity index (χ1) is 12.7. The van der Waals surface area contributed by atoms with E-state index >= 15 is 0 Å². The van der Waals surface area contributed by atoms with Gasteiger partial charge in [-0.3, -0.25) is 4.79 Å². The Morgan fingerprint density at radius 3 is 2.81 bits per heavy atom. The van der Waals surface area contributed by atoms with Gasteiger partial charge < -0.3 is 15.0 Å². The average Bonchev–Trinajstić information content (AvgIpc) is 3.11. The van der Waals surface area contributed by atoms with E-state index in [4.69, 9.17) is 4.74 Å². The number of H-pyrrole nitrogens is 1. The van der Waals surface area contributed by atoms with Gasteiger partial charge in [-0.25, -0.2) is 4.98 Å². The van der Waals surface area contributed by atoms with E-state index in [9.17, 15) is 4.79 Å². The van der Waals surface area contributed by atoms with Gasteiger partial charge in [0.15, 0.2) is 0 Å². The molecule has 0 spiro atoms. The topological polar surface area (TPSA) is 67.0 Å². The molecule has 6 heteroatoms. The monoisotopic (exact) mass is 369 g/mol. The Labute approximate surface area is 157 Å². The summed E-state index contributed by atoms with van der Waals surface area (Å²) in [4.78, 5) is 20.0. The van der Waals surface area contributed by atoms with E-state index in [1.54, 1.807) is 18.9 Å². The summed E-state index contributed by atoms with van der Waals surface area (Å²) in [6.07, 6.45) is 0.750. The number of carbonyl (C=O) groups excluding carboxylic acids is 1. The molecule has 1 heterocycles. The van der Waals surface area contributed by atoms with Crippen LogP contribution in [0.3, 0.4) is 0 Å². The molecule has 0 fully saturated rings. The number of aromatic amines is 1. The Bertz CT molecular complexity index is 845. The lowest BCUT2D eigenvalue weighted by atomic mass is 10.1. The molecule has 0 saturated carbocycles. The highest BCUT2D eigenvalue weighted by atomic mass is 32.2. The molecule has 1 aromatic heterocycles. The van der Waals surface area contributed by atoms with Crippen molar-refractivity contribution in [2.45, 2.75) is 18.6 Å². The number of nitrogens with one attached hydrogen (secondary N) is 2. The Morgan fingerprint density at radius 1 is 1.23 bits per heavy atom. The van der Waals surface area contributed by atoms with E-state index < -0.39 is 0 Å². The number of hydrogen-bond donors (Lipinski definition) is 2. The van der Waals surface area contributed by atoms with Crippen molar-refractivity contribution >= 4 is 28.7 Å². The maximum Gasteiger partial charge on any atom is 0.230 e. The third-order valence-electron chi connectivity index (χ3n) is 4.17. The zero-order valence-corrected chi connectivity index (χ0v) is 15.8. The quantitative estimate of drug-likeness (QED) is 0.635. The first-order valence-corrected chi connectivity index (χ1v) is 9.67. The van der Waals surface area contributed by atoms with Crippen LogP contribution in [0.1, 0.15) is 23.6 Å². The number of para-hydroxylation sites is 3. The minimum atomic E-state index is 0.0351. The lowest BCUT2D eigenvalue weighted by molar-refractivity contribution is -0.118. The summed E-state index contributed by atoms with van der Waals surface area (Å²) in [6, 6.07) is 15.8. The largest absolute Gasteiger partial charge is 0.496 e. The first-order valence-electron chi connectivity index (χ1n) is 8.62. The van der Waals surface area contributed by atoms with Crippen LogP contribution in [0.25, 0.3) is 11.0 Å². The van der Waals surface area contributed by atoms with Crippen LogP contribution in [0.4, 0.5) is 0 Å². The Balaban J connectivity index is 1.45. The van der Waals surface area contributed by atoms with Gasteiger partial charge in [0.2, 0.25) is 5.91 Å². The minimum Gasteiger partial charge on any atom is -0.496 e. The first kappa shape index (κ1) is 18.3. The van der Waals surface area contributed by atoms with Gasteiger partial charge in [0, 0.05) is 6.54 Å². The van der Waals surface area contributed by atoms with Crippen LogP contribution < -0.4 is 10.1 Å². The van der Waals surface area contributed by atoms with Crippen molar-refractivity contribution in [2.75, 3.05) is 19.4 Å². The summed E-state index contributed by atoms with van der Waals surface area (Å²) < 4.78 is 5.33. The predicted molar refractivity (Wildman–Crippen MR) is 107 cm³/mol. The molecule has 0 saturated heterocycles. The number of aromatic nitrogens is 2. The van der Waals surface area contributed by atoms with Crippen molar-refractivity contribution in [3.05, 3.63) is 59.9 Å². The van der Waals surface area contributed by atoms with Gasteiger partial charge in [0.1, 0.15) is 11.6 Å². The fraction of sp³-hybridized carbons (Fsp3) is 0.300. The molecular weight excluding hydrogens is 346 g/mol. The van der Waals surface area contributed by atoms with Crippen molar-refractivity contribution in [3.63, 3.8) is 0 Å². The molecule has 0 bridgehead atoms. The second-order valence-electron chi connectivity index (χ2n) is 6.00. The standard InChI is InChI=1S/C20H23N3O2S/c1-14(20-22-16-8-4-5-9-17(16)23-20)26-13-19(24)21-12-11-15-7-3-6-10-18(15)25-2/h3-10,14H,11-13H2,1-2H3,(H,21,24)(H,22,23). The Morgan fingerprint density at radius 2 is 2.00 bits per heavy atom. The lowest BCUT2D eigenvalue weighted by Crippen LogP contribution is -2.27. The van der Waals surface area contributed by atoms with Crippen LogP contribution >= 0.6 is 11.8 Å². The van der Waals surface area contributed by atoms with Crippen molar-refractivity contribution in [1.29, 1.82) is 0 Å². The maximum absolute atomic E-state index is 12.1. The number of carbonyl (C=O) groups is 1.